The Hall–Kier alpha value is -0.540. The van der Waals surface area contributed by atoms with Crippen molar-refractivity contribution in [3.8, 4) is 0 Å². The van der Waals surface area contributed by atoms with Crippen LogP contribution in [0, 0.1) is 0 Å². The summed E-state index contributed by atoms with van der Waals surface area (Å²) in [6, 6.07) is 3.86. The summed E-state index contributed by atoms with van der Waals surface area (Å²) in [7, 11) is 0. The monoisotopic (exact) mass is 245 g/mol. The van der Waals surface area contributed by atoms with Gasteiger partial charge in [0.05, 0.1) is 10.9 Å². The number of amides is 1. The minimum Gasteiger partial charge on any atom is -0.338 e. The summed E-state index contributed by atoms with van der Waals surface area (Å²) in [5, 5.41) is 0. The molecule has 1 heterocycles. The maximum Gasteiger partial charge on any atom is 0.222 e. The van der Waals surface area contributed by atoms with E-state index in [1.807, 2.05) is 30.9 Å². The molecule has 15 heavy (non-hydrogen) atoms. The van der Waals surface area contributed by atoms with Crippen molar-refractivity contribution < 1.29 is 4.79 Å². The van der Waals surface area contributed by atoms with E-state index < -0.39 is 0 Å². The Kier molecular flexibility index (Phi) is 5.12. The Bertz CT molecular complexity index is 324. The summed E-state index contributed by atoms with van der Waals surface area (Å²) >= 11 is 7.38. The van der Waals surface area contributed by atoms with E-state index in [1.54, 1.807) is 0 Å². The Morgan fingerprint density at radius 1 is 1.47 bits per heavy atom. The molecule has 0 radical (unpaired) electrons. The van der Waals surface area contributed by atoms with Crippen LogP contribution in [0.5, 0.6) is 0 Å². The molecule has 1 aromatic heterocycles. The van der Waals surface area contributed by atoms with Crippen molar-refractivity contribution in [1.29, 1.82) is 0 Å². The summed E-state index contributed by atoms with van der Waals surface area (Å²) in [5.74, 6) is 0.226. The minimum absolute atomic E-state index is 0.226. The van der Waals surface area contributed by atoms with E-state index in [0.717, 1.165) is 22.2 Å². The third-order valence-corrected chi connectivity index (χ3v) is 3.39. The fourth-order valence-electron chi connectivity index (χ4n) is 1.37. The first-order valence-corrected chi connectivity index (χ1v) is 6.38. The summed E-state index contributed by atoms with van der Waals surface area (Å²) < 4.78 is 0.781. The number of carbonyl (C=O) groups excluding carboxylic acids is 1. The number of hydrogen-bond donors (Lipinski definition) is 0. The van der Waals surface area contributed by atoms with Gasteiger partial charge in [-0.15, -0.1) is 11.3 Å². The fourth-order valence-corrected chi connectivity index (χ4v) is 2.48. The number of carbonyl (C=O) groups is 1. The largest absolute Gasteiger partial charge is 0.338 e. The summed E-state index contributed by atoms with van der Waals surface area (Å²) in [6.45, 7) is 5.47. The van der Waals surface area contributed by atoms with Crippen LogP contribution in [0.4, 0.5) is 0 Å². The Morgan fingerprint density at radius 2 is 2.20 bits per heavy atom. The predicted octanol–water partition coefficient (Wildman–Crippen LogP) is 3.55. The van der Waals surface area contributed by atoms with Gasteiger partial charge in [0.1, 0.15) is 0 Å². The van der Waals surface area contributed by atoms with Crippen molar-refractivity contribution in [3.05, 3.63) is 21.3 Å². The SMILES string of the molecule is CCCC(=O)N(CC)Cc1ccc(Cl)s1. The number of halogens is 1. The van der Waals surface area contributed by atoms with E-state index in [2.05, 4.69) is 0 Å². The number of rotatable bonds is 5. The molecule has 0 fully saturated rings. The highest BCUT2D eigenvalue weighted by atomic mass is 35.5. The molecule has 0 spiro atoms. The van der Waals surface area contributed by atoms with Gasteiger partial charge in [0.25, 0.3) is 0 Å². The molecule has 0 saturated heterocycles. The number of hydrogen-bond acceptors (Lipinski definition) is 2. The van der Waals surface area contributed by atoms with Crippen LogP contribution in [0.1, 0.15) is 31.6 Å². The molecular weight excluding hydrogens is 230 g/mol. The standard InChI is InChI=1S/C11H16ClNOS/c1-3-5-11(14)13(4-2)8-9-6-7-10(12)15-9/h6-7H,3-5,8H2,1-2H3. The van der Waals surface area contributed by atoms with Crippen LogP contribution in [0.25, 0.3) is 0 Å². The molecule has 0 bridgehead atoms. The summed E-state index contributed by atoms with van der Waals surface area (Å²) in [5.41, 5.74) is 0. The van der Waals surface area contributed by atoms with Gasteiger partial charge in [-0.2, -0.15) is 0 Å². The van der Waals surface area contributed by atoms with Crippen LogP contribution in [0.3, 0.4) is 0 Å². The number of thiophene rings is 1. The Labute approximate surface area is 99.9 Å². The lowest BCUT2D eigenvalue weighted by Gasteiger charge is -2.19. The molecule has 0 saturated carbocycles. The van der Waals surface area contributed by atoms with Crippen LogP contribution in [-0.4, -0.2) is 17.4 Å². The Balaban J connectivity index is 2.57. The highest BCUT2D eigenvalue weighted by molar-refractivity contribution is 7.16. The van der Waals surface area contributed by atoms with Crippen LogP contribution in [-0.2, 0) is 11.3 Å². The molecular formula is C11H16ClNOS. The molecule has 0 unspecified atom stereocenters. The normalized spacial score (nSPS) is 10.3. The molecule has 0 aliphatic carbocycles. The third-order valence-electron chi connectivity index (χ3n) is 2.17. The van der Waals surface area contributed by atoms with Crippen molar-refractivity contribution in [3.63, 3.8) is 0 Å². The van der Waals surface area contributed by atoms with Crippen molar-refractivity contribution in [2.75, 3.05) is 6.54 Å². The second-order valence-corrected chi connectivity index (χ2v) is 5.16. The van der Waals surface area contributed by atoms with E-state index in [4.69, 9.17) is 11.6 Å². The van der Waals surface area contributed by atoms with Gasteiger partial charge in [-0.3, -0.25) is 4.79 Å². The molecule has 0 aromatic carbocycles. The maximum atomic E-state index is 11.7. The van der Waals surface area contributed by atoms with Crippen molar-refractivity contribution >= 4 is 28.8 Å². The molecule has 1 amide bonds. The first-order valence-electron chi connectivity index (χ1n) is 5.19. The zero-order valence-corrected chi connectivity index (χ0v) is 10.7. The third kappa shape index (κ3) is 3.84. The molecule has 84 valence electrons. The second-order valence-electron chi connectivity index (χ2n) is 3.36. The molecule has 1 rings (SSSR count). The number of nitrogens with zero attached hydrogens (tertiary/aromatic N) is 1. The summed E-state index contributed by atoms with van der Waals surface area (Å²) in [6.07, 6.45) is 1.54. The smallest absolute Gasteiger partial charge is 0.222 e. The second kappa shape index (κ2) is 6.13. The quantitative estimate of drug-likeness (QED) is 0.777. The van der Waals surface area contributed by atoms with Gasteiger partial charge in [-0.05, 0) is 25.5 Å². The van der Waals surface area contributed by atoms with Gasteiger partial charge in [-0.1, -0.05) is 18.5 Å². The maximum absolute atomic E-state index is 11.7. The van der Waals surface area contributed by atoms with Crippen LogP contribution in [0.15, 0.2) is 12.1 Å². The van der Waals surface area contributed by atoms with Crippen LogP contribution >= 0.6 is 22.9 Å². The zero-order valence-electron chi connectivity index (χ0n) is 9.12. The van der Waals surface area contributed by atoms with Gasteiger partial charge >= 0.3 is 0 Å². The van der Waals surface area contributed by atoms with Crippen molar-refractivity contribution in [2.24, 2.45) is 0 Å². The van der Waals surface area contributed by atoms with E-state index in [-0.39, 0.29) is 5.91 Å². The average molecular weight is 246 g/mol. The molecule has 0 N–H and O–H groups in total. The first kappa shape index (κ1) is 12.5. The Morgan fingerprint density at radius 3 is 2.67 bits per heavy atom. The average Bonchev–Trinajstić information content (AvgIpc) is 2.61. The van der Waals surface area contributed by atoms with Crippen molar-refractivity contribution in [2.45, 2.75) is 33.2 Å². The first-order chi connectivity index (χ1) is 7.17. The molecule has 1 aromatic rings. The van der Waals surface area contributed by atoms with Gasteiger partial charge in [0, 0.05) is 17.8 Å². The molecule has 0 aliphatic rings. The lowest BCUT2D eigenvalue weighted by atomic mass is 10.3. The van der Waals surface area contributed by atoms with Crippen LogP contribution < -0.4 is 0 Å². The molecule has 0 atom stereocenters. The van der Waals surface area contributed by atoms with Gasteiger partial charge in [0.15, 0.2) is 0 Å². The summed E-state index contributed by atoms with van der Waals surface area (Å²) in [4.78, 5) is 14.7. The molecule has 2 nitrogen and oxygen atoms in total. The van der Waals surface area contributed by atoms with E-state index in [0.29, 0.717) is 13.0 Å². The predicted molar refractivity (Wildman–Crippen MR) is 65.3 cm³/mol. The molecule has 0 aliphatic heterocycles. The van der Waals surface area contributed by atoms with Crippen molar-refractivity contribution in [1.82, 2.24) is 4.90 Å². The van der Waals surface area contributed by atoms with E-state index in [1.165, 1.54) is 11.3 Å². The van der Waals surface area contributed by atoms with Crippen LogP contribution in [0.2, 0.25) is 4.34 Å². The highest BCUT2D eigenvalue weighted by Gasteiger charge is 2.11. The lowest BCUT2D eigenvalue weighted by molar-refractivity contribution is -0.131. The van der Waals surface area contributed by atoms with Gasteiger partial charge < -0.3 is 4.90 Å². The lowest BCUT2D eigenvalue weighted by Crippen LogP contribution is -2.29. The fraction of sp³-hybridized carbons (Fsp3) is 0.545. The molecule has 4 heteroatoms. The zero-order chi connectivity index (χ0) is 11.3. The highest BCUT2D eigenvalue weighted by Crippen LogP contribution is 2.22. The minimum atomic E-state index is 0.226. The van der Waals surface area contributed by atoms with E-state index in [9.17, 15) is 4.79 Å². The topological polar surface area (TPSA) is 20.3 Å². The van der Waals surface area contributed by atoms with Gasteiger partial charge in [0.2, 0.25) is 5.91 Å². The van der Waals surface area contributed by atoms with E-state index >= 15 is 0 Å². The van der Waals surface area contributed by atoms with Gasteiger partial charge in [-0.25, -0.2) is 0 Å².